The number of aromatic nitrogens is 3. The number of rotatable bonds is 5. The number of anilines is 2. The van der Waals surface area contributed by atoms with Crippen molar-refractivity contribution in [2.24, 2.45) is 11.8 Å². The zero-order valence-electron chi connectivity index (χ0n) is 19.2. The molecule has 1 amide bonds. The second-order valence-electron chi connectivity index (χ2n) is 10.1. The van der Waals surface area contributed by atoms with Crippen molar-refractivity contribution < 1.29 is 9.90 Å². The predicted molar refractivity (Wildman–Crippen MR) is 129 cm³/mol. The van der Waals surface area contributed by atoms with Crippen LogP contribution in [-0.2, 0) is 0 Å². The van der Waals surface area contributed by atoms with Crippen LogP contribution < -0.4 is 10.2 Å². The average Bonchev–Trinajstić information content (AvgIpc) is 3.23. The van der Waals surface area contributed by atoms with E-state index in [2.05, 4.69) is 39.2 Å². The summed E-state index contributed by atoms with van der Waals surface area (Å²) >= 11 is 7.65. The number of hydrogen-bond acceptors (Lipinski definition) is 7. The number of nitrogens with one attached hydrogen (secondary N) is 1. The van der Waals surface area contributed by atoms with Crippen LogP contribution in [0.15, 0.2) is 12.3 Å². The van der Waals surface area contributed by atoms with Gasteiger partial charge in [0.05, 0.1) is 5.56 Å². The van der Waals surface area contributed by atoms with Gasteiger partial charge < -0.3 is 15.3 Å². The summed E-state index contributed by atoms with van der Waals surface area (Å²) in [6.45, 7) is 11.7. The molecule has 0 unspecified atom stereocenters. The van der Waals surface area contributed by atoms with E-state index in [0.717, 1.165) is 47.3 Å². The van der Waals surface area contributed by atoms with E-state index in [1.165, 1.54) is 0 Å². The van der Waals surface area contributed by atoms with Gasteiger partial charge in [0.15, 0.2) is 5.01 Å². The minimum Gasteiger partial charge on any atom is -0.465 e. The van der Waals surface area contributed by atoms with Crippen LogP contribution in [0, 0.1) is 11.8 Å². The van der Waals surface area contributed by atoms with Crippen molar-refractivity contribution in [2.75, 3.05) is 23.3 Å². The third kappa shape index (κ3) is 4.50. The van der Waals surface area contributed by atoms with Gasteiger partial charge in [0.25, 0.3) is 0 Å². The van der Waals surface area contributed by atoms with Gasteiger partial charge in [-0.05, 0) is 65.4 Å². The van der Waals surface area contributed by atoms with Crippen LogP contribution in [0.5, 0.6) is 0 Å². The molecule has 1 aliphatic carbocycles. The molecule has 2 N–H and O–H groups in total. The van der Waals surface area contributed by atoms with E-state index in [9.17, 15) is 9.90 Å². The minimum absolute atomic E-state index is 0.0541. The van der Waals surface area contributed by atoms with Crippen molar-refractivity contribution in [2.45, 2.75) is 65.1 Å². The summed E-state index contributed by atoms with van der Waals surface area (Å²) in [6.07, 6.45) is 3.00. The first-order valence-corrected chi connectivity index (χ1v) is 12.3. The molecule has 3 heterocycles. The molecule has 2 bridgehead atoms. The first-order chi connectivity index (χ1) is 15.0. The van der Waals surface area contributed by atoms with Gasteiger partial charge >= 0.3 is 6.09 Å². The second kappa shape index (κ2) is 8.67. The Balaban J connectivity index is 1.56. The summed E-state index contributed by atoms with van der Waals surface area (Å²) in [4.78, 5) is 20.3. The molecule has 1 aliphatic heterocycles. The van der Waals surface area contributed by atoms with Crippen molar-refractivity contribution in [3.8, 4) is 10.6 Å². The number of halogens is 1. The molecule has 8 nitrogen and oxygen atoms in total. The monoisotopic (exact) mass is 478 g/mol. The van der Waals surface area contributed by atoms with E-state index in [1.54, 1.807) is 22.4 Å². The number of piperidine rings is 1. The van der Waals surface area contributed by atoms with Crippen molar-refractivity contribution in [3.63, 3.8) is 0 Å². The number of carboxylic acid groups (broad SMARTS) is 1. The zero-order chi connectivity index (χ0) is 23.2. The van der Waals surface area contributed by atoms with E-state index < -0.39 is 11.6 Å². The van der Waals surface area contributed by atoms with Crippen LogP contribution in [0.1, 0.15) is 47.5 Å². The van der Waals surface area contributed by atoms with E-state index in [1.807, 2.05) is 26.8 Å². The quantitative estimate of drug-likeness (QED) is 0.579. The van der Waals surface area contributed by atoms with Gasteiger partial charge in [-0.2, -0.15) is 0 Å². The molecule has 1 saturated carbocycles. The number of hydrogen-bond donors (Lipinski definition) is 2. The maximum Gasteiger partial charge on any atom is 0.408 e. The summed E-state index contributed by atoms with van der Waals surface area (Å²) < 4.78 is 0. The van der Waals surface area contributed by atoms with Gasteiger partial charge in [0, 0.05) is 42.6 Å². The summed E-state index contributed by atoms with van der Waals surface area (Å²) in [5.41, 5.74) is 1.36. The van der Waals surface area contributed by atoms with Gasteiger partial charge in [-0.3, -0.25) is 4.90 Å². The Kier molecular flexibility index (Phi) is 6.24. The van der Waals surface area contributed by atoms with Gasteiger partial charge in [-0.25, -0.2) is 9.78 Å². The van der Waals surface area contributed by atoms with Gasteiger partial charge in [0.2, 0.25) is 5.13 Å². The molecule has 1 saturated heterocycles. The number of amides is 1. The molecule has 2 aromatic rings. The van der Waals surface area contributed by atoms with Gasteiger partial charge in [-0.1, -0.05) is 22.9 Å². The topological polar surface area (TPSA) is 94.5 Å². The van der Waals surface area contributed by atoms with Crippen LogP contribution in [0.25, 0.3) is 10.6 Å². The first kappa shape index (κ1) is 23.0. The Bertz CT molecular complexity index is 977. The molecule has 174 valence electrons. The highest BCUT2D eigenvalue weighted by Crippen LogP contribution is 2.44. The van der Waals surface area contributed by atoms with E-state index in [0.29, 0.717) is 17.0 Å². The fourth-order valence-corrected chi connectivity index (χ4v) is 6.16. The normalized spacial score (nSPS) is 23.0. The molecule has 0 aromatic carbocycles. The molecule has 4 rings (SSSR count). The Labute approximate surface area is 198 Å². The molecule has 32 heavy (non-hydrogen) atoms. The molecule has 3 atom stereocenters. The molecular formula is C22H31ClN6O2S. The highest BCUT2D eigenvalue weighted by molar-refractivity contribution is 7.18. The van der Waals surface area contributed by atoms with Crippen molar-refractivity contribution in [1.29, 1.82) is 0 Å². The fraction of sp³-hybridized carbons (Fsp3) is 0.636. The van der Waals surface area contributed by atoms with Crippen molar-refractivity contribution >= 4 is 39.8 Å². The van der Waals surface area contributed by atoms with Crippen LogP contribution in [-0.4, -0.2) is 62.0 Å². The largest absolute Gasteiger partial charge is 0.465 e. The number of fused-ring (bicyclic) bond motifs is 2. The van der Waals surface area contributed by atoms with Crippen LogP contribution in [0.3, 0.4) is 0 Å². The van der Waals surface area contributed by atoms with Crippen LogP contribution in [0.4, 0.5) is 15.6 Å². The third-order valence-corrected chi connectivity index (χ3v) is 7.47. The lowest BCUT2D eigenvalue weighted by Gasteiger charge is -2.47. The number of carbonyl (C=O) groups is 1. The molecule has 0 radical (unpaired) electrons. The predicted octanol–water partition coefficient (Wildman–Crippen LogP) is 5.07. The van der Waals surface area contributed by atoms with Crippen LogP contribution in [0.2, 0.25) is 5.15 Å². The van der Waals surface area contributed by atoms with Crippen LogP contribution >= 0.6 is 22.9 Å². The Morgan fingerprint density at radius 2 is 1.94 bits per heavy atom. The molecule has 0 spiro atoms. The lowest BCUT2D eigenvalue weighted by molar-refractivity contribution is 0.0358. The maximum absolute atomic E-state index is 12.1. The maximum atomic E-state index is 12.1. The Hall–Kier alpha value is -2.13. The summed E-state index contributed by atoms with van der Waals surface area (Å²) in [7, 11) is 0. The van der Waals surface area contributed by atoms with E-state index >= 15 is 0 Å². The Morgan fingerprint density at radius 1 is 1.28 bits per heavy atom. The summed E-state index contributed by atoms with van der Waals surface area (Å²) in [5, 5.41) is 24.4. The SMILES string of the molecule is CC(C)Nc1cc(Cl)ncc1-c1nnc(N2C[C@H]3CC[C@@H](C2)[C@@H]3N(C(=O)O)C(C)(C)C)s1. The fourth-order valence-electron chi connectivity index (χ4n) is 5.12. The lowest BCUT2D eigenvalue weighted by Crippen LogP contribution is -2.59. The molecular weight excluding hydrogens is 448 g/mol. The van der Waals surface area contributed by atoms with Crippen molar-refractivity contribution in [3.05, 3.63) is 17.4 Å². The standard InChI is InChI=1S/C22H31ClN6O2S/c1-12(2)25-16-8-17(23)24-9-15(16)19-26-27-20(32-19)28-10-13-6-7-14(11-28)18(13)29(21(30)31)22(3,4)5/h8-9,12-14,18H,6-7,10-11H2,1-5H3,(H,24,25)(H,30,31)/t13-,14+,18-. The minimum atomic E-state index is -0.827. The van der Waals surface area contributed by atoms with Crippen molar-refractivity contribution in [1.82, 2.24) is 20.1 Å². The lowest BCUT2D eigenvalue weighted by atomic mass is 9.88. The molecule has 2 aromatic heterocycles. The number of pyridine rings is 1. The second-order valence-corrected chi connectivity index (χ2v) is 11.4. The summed E-state index contributed by atoms with van der Waals surface area (Å²) in [6, 6.07) is 2.11. The average molecular weight is 479 g/mol. The van der Waals surface area contributed by atoms with Gasteiger partial charge in [-0.15, -0.1) is 10.2 Å². The first-order valence-electron chi connectivity index (χ1n) is 11.1. The Morgan fingerprint density at radius 3 is 2.50 bits per heavy atom. The summed E-state index contributed by atoms with van der Waals surface area (Å²) in [5.74, 6) is 0.596. The highest BCUT2D eigenvalue weighted by Gasteiger charge is 2.49. The van der Waals surface area contributed by atoms with E-state index in [4.69, 9.17) is 11.6 Å². The van der Waals surface area contributed by atoms with Gasteiger partial charge in [0.1, 0.15) is 5.15 Å². The molecule has 2 fully saturated rings. The highest BCUT2D eigenvalue weighted by atomic mass is 35.5. The molecule has 10 heteroatoms. The third-order valence-electron chi connectivity index (χ3n) is 6.24. The zero-order valence-corrected chi connectivity index (χ0v) is 20.7. The van der Waals surface area contributed by atoms with E-state index in [-0.39, 0.29) is 12.1 Å². The smallest absolute Gasteiger partial charge is 0.408 e. The molecule has 2 aliphatic rings. The number of nitrogens with zero attached hydrogens (tertiary/aromatic N) is 5.